The summed E-state index contributed by atoms with van der Waals surface area (Å²) in [4.78, 5) is 9.67. The number of hydrogen-bond acceptors (Lipinski definition) is 2. The molecule has 0 aliphatic rings. The molecule has 0 aromatic heterocycles. The van der Waals surface area contributed by atoms with E-state index in [1.54, 1.807) is 0 Å². The van der Waals surface area contributed by atoms with E-state index in [1.165, 1.54) is 11.1 Å². The summed E-state index contributed by atoms with van der Waals surface area (Å²) < 4.78 is 0. The minimum absolute atomic E-state index is 0.181. The van der Waals surface area contributed by atoms with E-state index >= 15 is 0 Å². The molecule has 0 saturated carbocycles. The minimum atomic E-state index is -1.15. The van der Waals surface area contributed by atoms with Crippen LogP contribution in [0.4, 0.5) is 0 Å². The van der Waals surface area contributed by atoms with Gasteiger partial charge in [0.25, 0.3) is 0 Å². The van der Waals surface area contributed by atoms with Crippen molar-refractivity contribution in [2.45, 2.75) is 0 Å². The number of rotatable bonds is 3. The van der Waals surface area contributed by atoms with E-state index < -0.39 is 12.6 Å². The van der Waals surface area contributed by atoms with Crippen molar-refractivity contribution in [3.63, 3.8) is 0 Å². The fourth-order valence-electron chi connectivity index (χ4n) is 1.33. The largest absolute Gasteiger partial charge is 0.478 e. The fraction of sp³-hybridized carbons (Fsp3) is 0.0625. The molecule has 0 bridgehead atoms. The van der Waals surface area contributed by atoms with Gasteiger partial charge in [-0.3, -0.25) is 0 Å². The van der Waals surface area contributed by atoms with Crippen LogP contribution >= 0.6 is 0 Å². The summed E-state index contributed by atoms with van der Waals surface area (Å²) in [5.74, 6) is -1.15. The lowest BCUT2D eigenvalue weighted by molar-refractivity contribution is -0.133. The molecular weight excluding hydrogens is 240 g/mol. The topological polar surface area (TPSA) is 57.5 Å². The van der Waals surface area contributed by atoms with Gasteiger partial charge in [-0.05, 0) is 11.1 Å². The second-order valence-corrected chi connectivity index (χ2v) is 3.80. The lowest BCUT2D eigenvalue weighted by atomic mass is 10.1. The molecule has 0 amide bonds. The van der Waals surface area contributed by atoms with Gasteiger partial charge in [-0.25, -0.2) is 4.79 Å². The summed E-state index contributed by atoms with van der Waals surface area (Å²) >= 11 is 0. The third-order valence-electron chi connectivity index (χ3n) is 2.37. The van der Waals surface area contributed by atoms with E-state index in [1.807, 2.05) is 12.1 Å². The van der Waals surface area contributed by atoms with Crippen molar-refractivity contribution < 1.29 is 15.0 Å². The second-order valence-electron chi connectivity index (χ2n) is 3.80. The Morgan fingerprint density at radius 3 is 1.47 bits per heavy atom. The molecule has 0 radical (unpaired) electrons. The van der Waals surface area contributed by atoms with Crippen LogP contribution in [0.2, 0.25) is 0 Å². The molecule has 3 heteroatoms. The highest BCUT2D eigenvalue weighted by atomic mass is 16.4. The normalized spacial score (nSPS) is 9.11. The number of hydrogen-bond donors (Lipinski definition) is 2. The molecule has 19 heavy (non-hydrogen) atoms. The lowest BCUT2D eigenvalue weighted by Crippen LogP contribution is -2.01. The van der Waals surface area contributed by atoms with Crippen LogP contribution in [0.5, 0.6) is 0 Å². The lowest BCUT2D eigenvalue weighted by Gasteiger charge is -1.98. The van der Waals surface area contributed by atoms with Gasteiger partial charge in [-0.15, -0.1) is 0 Å². The maximum absolute atomic E-state index is 9.67. The third-order valence-corrected chi connectivity index (χ3v) is 2.37. The van der Waals surface area contributed by atoms with E-state index in [2.05, 4.69) is 55.1 Å². The Kier molecular flexibility index (Phi) is 6.06. The van der Waals surface area contributed by atoms with Crippen molar-refractivity contribution in [3.8, 4) is 11.1 Å². The van der Waals surface area contributed by atoms with Gasteiger partial charge in [-0.2, -0.15) is 0 Å². The van der Waals surface area contributed by atoms with Gasteiger partial charge < -0.3 is 10.2 Å². The van der Waals surface area contributed by atoms with Crippen molar-refractivity contribution in [2.75, 3.05) is 6.61 Å². The van der Waals surface area contributed by atoms with Crippen LogP contribution in [-0.2, 0) is 4.79 Å². The number of benzene rings is 2. The summed E-state index contributed by atoms with van der Waals surface area (Å²) in [6, 6.07) is 20.8. The zero-order valence-corrected chi connectivity index (χ0v) is 10.5. The Morgan fingerprint density at radius 1 is 0.895 bits per heavy atom. The zero-order valence-electron chi connectivity index (χ0n) is 10.5. The smallest absolute Gasteiger partial charge is 0.333 e. The Morgan fingerprint density at radius 2 is 1.26 bits per heavy atom. The van der Waals surface area contributed by atoms with Gasteiger partial charge in [0.15, 0.2) is 0 Å². The third kappa shape index (κ3) is 5.19. The van der Waals surface area contributed by atoms with Crippen LogP contribution in [0.15, 0.2) is 72.8 Å². The quantitative estimate of drug-likeness (QED) is 0.830. The highest BCUT2D eigenvalue weighted by molar-refractivity contribution is 5.85. The molecule has 0 aliphatic carbocycles. The van der Waals surface area contributed by atoms with Crippen molar-refractivity contribution in [1.29, 1.82) is 0 Å². The molecule has 2 N–H and O–H groups in total. The maximum atomic E-state index is 9.67. The van der Waals surface area contributed by atoms with Gasteiger partial charge in [0.05, 0.1) is 12.2 Å². The number of carboxylic acids is 1. The predicted molar refractivity (Wildman–Crippen MR) is 75.7 cm³/mol. The van der Waals surface area contributed by atoms with E-state index in [4.69, 9.17) is 10.2 Å². The monoisotopic (exact) mass is 256 g/mol. The molecule has 0 unspecified atom stereocenters. The van der Waals surface area contributed by atoms with E-state index in [0.717, 1.165) is 0 Å². The molecule has 0 atom stereocenters. The van der Waals surface area contributed by atoms with Gasteiger partial charge in [0, 0.05) is 0 Å². The SMILES string of the molecule is C=C(CO)C(=O)O.c1ccc(-c2ccccc2)cc1. The first-order valence-corrected chi connectivity index (χ1v) is 5.77. The highest BCUT2D eigenvalue weighted by Crippen LogP contribution is 2.17. The summed E-state index contributed by atoms with van der Waals surface area (Å²) in [5, 5.41) is 15.9. The van der Waals surface area contributed by atoms with Gasteiger partial charge in [-0.1, -0.05) is 67.2 Å². The second kappa shape index (κ2) is 7.84. The predicted octanol–water partition coefficient (Wildman–Crippen LogP) is 2.97. The molecule has 3 nitrogen and oxygen atoms in total. The van der Waals surface area contributed by atoms with Crippen molar-refractivity contribution in [2.24, 2.45) is 0 Å². The fourth-order valence-corrected chi connectivity index (χ4v) is 1.33. The number of aliphatic hydroxyl groups is 1. The molecule has 2 rings (SSSR count). The van der Waals surface area contributed by atoms with E-state index in [9.17, 15) is 4.79 Å². The Labute approximate surface area is 112 Å². The number of aliphatic carboxylic acids is 1. The standard InChI is InChI=1S/C12H10.C4H6O3/c1-3-7-11(8-4-1)12-9-5-2-6-10-12;1-3(2-5)4(6)7/h1-10H;5H,1-2H2,(H,6,7). The molecule has 98 valence electrons. The molecule has 0 saturated heterocycles. The van der Waals surface area contributed by atoms with E-state index in [-0.39, 0.29) is 5.57 Å². The first-order valence-electron chi connectivity index (χ1n) is 5.77. The van der Waals surface area contributed by atoms with Crippen LogP contribution in [0.25, 0.3) is 11.1 Å². The summed E-state index contributed by atoms with van der Waals surface area (Å²) in [6.45, 7) is 2.55. The number of aliphatic hydroxyl groups excluding tert-OH is 1. The molecule has 2 aromatic rings. The zero-order chi connectivity index (χ0) is 14.1. The first kappa shape index (κ1) is 14.7. The Bertz CT molecular complexity index is 481. The molecule has 0 spiro atoms. The molecule has 0 aliphatic heterocycles. The summed E-state index contributed by atoms with van der Waals surface area (Å²) in [7, 11) is 0. The minimum Gasteiger partial charge on any atom is -0.478 e. The molecular formula is C16H16O3. The van der Waals surface area contributed by atoms with Gasteiger partial charge in [0.2, 0.25) is 0 Å². The van der Waals surface area contributed by atoms with Gasteiger partial charge >= 0.3 is 5.97 Å². The number of carboxylic acid groups (broad SMARTS) is 1. The molecule has 0 heterocycles. The molecule has 0 fully saturated rings. The Hall–Kier alpha value is -2.39. The van der Waals surface area contributed by atoms with Crippen molar-refractivity contribution in [1.82, 2.24) is 0 Å². The van der Waals surface area contributed by atoms with Crippen LogP contribution in [0.1, 0.15) is 0 Å². The summed E-state index contributed by atoms with van der Waals surface area (Å²) in [6.07, 6.45) is 0. The first-order chi connectivity index (χ1) is 9.15. The molecule has 2 aromatic carbocycles. The average molecular weight is 256 g/mol. The van der Waals surface area contributed by atoms with Crippen LogP contribution < -0.4 is 0 Å². The summed E-state index contributed by atoms with van der Waals surface area (Å²) in [5.41, 5.74) is 2.37. The average Bonchev–Trinajstić information content (AvgIpc) is 2.49. The maximum Gasteiger partial charge on any atom is 0.333 e. The van der Waals surface area contributed by atoms with Crippen LogP contribution in [-0.4, -0.2) is 22.8 Å². The van der Waals surface area contributed by atoms with Crippen LogP contribution in [0, 0.1) is 0 Å². The van der Waals surface area contributed by atoms with Gasteiger partial charge in [0.1, 0.15) is 0 Å². The van der Waals surface area contributed by atoms with Crippen molar-refractivity contribution in [3.05, 3.63) is 72.8 Å². The van der Waals surface area contributed by atoms with Crippen LogP contribution in [0.3, 0.4) is 0 Å². The van der Waals surface area contributed by atoms with E-state index in [0.29, 0.717) is 0 Å². The highest BCUT2D eigenvalue weighted by Gasteiger charge is 1.98. The Balaban J connectivity index is 0.000000224. The number of carbonyl (C=O) groups is 1. The van der Waals surface area contributed by atoms with Crippen molar-refractivity contribution >= 4 is 5.97 Å².